The molecule has 0 atom stereocenters. The highest BCUT2D eigenvalue weighted by molar-refractivity contribution is 8.26. The summed E-state index contributed by atoms with van der Waals surface area (Å²) in [5, 5.41) is 12.0. The standard InChI is InChI=1S/C22H26N4O4S2/c27-11-13-30-12-9-23-19-16(20(28)25-10-5-4-8-18(25)24-19)14-17-21(29)26(22(31)32-17)15-6-2-1-3-7-15/h4-5,8,10,14-15,23,27H,1-3,6-7,9,11-13H2. The van der Waals surface area contributed by atoms with Crippen molar-refractivity contribution in [2.75, 3.05) is 31.7 Å². The van der Waals surface area contributed by atoms with Crippen molar-refractivity contribution >= 4 is 51.7 Å². The molecule has 0 radical (unpaired) electrons. The molecule has 0 spiro atoms. The fraction of sp³-hybridized carbons (Fsp3) is 0.455. The predicted octanol–water partition coefficient (Wildman–Crippen LogP) is 2.65. The summed E-state index contributed by atoms with van der Waals surface area (Å²) >= 11 is 6.76. The highest BCUT2D eigenvalue weighted by Crippen LogP contribution is 2.37. The van der Waals surface area contributed by atoms with E-state index >= 15 is 0 Å². The van der Waals surface area contributed by atoms with Crippen LogP contribution < -0.4 is 10.9 Å². The molecule has 32 heavy (non-hydrogen) atoms. The molecule has 1 saturated carbocycles. The van der Waals surface area contributed by atoms with Gasteiger partial charge in [-0.3, -0.25) is 18.9 Å². The Balaban J connectivity index is 1.66. The number of thiocarbonyl (C=S) groups is 1. The average Bonchev–Trinajstić information content (AvgIpc) is 3.09. The maximum atomic E-state index is 13.3. The molecule has 0 aromatic carbocycles. The summed E-state index contributed by atoms with van der Waals surface area (Å²) in [6.45, 7) is 0.939. The summed E-state index contributed by atoms with van der Waals surface area (Å²) in [5.41, 5.74) is 0.542. The van der Waals surface area contributed by atoms with Crippen molar-refractivity contribution in [3.8, 4) is 0 Å². The van der Waals surface area contributed by atoms with Crippen molar-refractivity contribution in [3.05, 3.63) is 45.2 Å². The molecule has 4 rings (SSSR count). The van der Waals surface area contributed by atoms with Crippen LogP contribution in [0.25, 0.3) is 11.7 Å². The Morgan fingerprint density at radius 1 is 1.25 bits per heavy atom. The number of hydrogen-bond donors (Lipinski definition) is 2. The molecule has 2 fully saturated rings. The summed E-state index contributed by atoms with van der Waals surface area (Å²) in [6, 6.07) is 5.46. The van der Waals surface area contributed by atoms with Gasteiger partial charge in [-0.05, 0) is 31.1 Å². The van der Waals surface area contributed by atoms with Gasteiger partial charge in [-0.15, -0.1) is 0 Å². The number of aliphatic hydroxyl groups excluding tert-OH is 1. The Morgan fingerprint density at radius 3 is 2.84 bits per heavy atom. The van der Waals surface area contributed by atoms with Crippen molar-refractivity contribution in [3.63, 3.8) is 0 Å². The van der Waals surface area contributed by atoms with Gasteiger partial charge in [0.25, 0.3) is 11.5 Å². The number of aliphatic hydroxyl groups is 1. The molecule has 8 nitrogen and oxygen atoms in total. The van der Waals surface area contributed by atoms with E-state index in [1.165, 1.54) is 22.6 Å². The molecular weight excluding hydrogens is 448 g/mol. The average molecular weight is 475 g/mol. The van der Waals surface area contributed by atoms with E-state index in [2.05, 4.69) is 10.3 Å². The van der Waals surface area contributed by atoms with Crippen LogP contribution in [-0.2, 0) is 9.53 Å². The molecule has 1 aliphatic heterocycles. The lowest BCUT2D eigenvalue weighted by atomic mass is 9.94. The molecule has 2 aromatic heterocycles. The first-order chi connectivity index (χ1) is 15.6. The van der Waals surface area contributed by atoms with Crippen molar-refractivity contribution in [1.29, 1.82) is 0 Å². The Hall–Kier alpha value is -2.27. The molecule has 1 amide bonds. The van der Waals surface area contributed by atoms with Gasteiger partial charge in [0.1, 0.15) is 15.8 Å². The van der Waals surface area contributed by atoms with Crippen molar-refractivity contribution < 1.29 is 14.6 Å². The lowest BCUT2D eigenvalue weighted by Crippen LogP contribution is -2.39. The van der Waals surface area contributed by atoms with Gasteiger partial charge >= 0.3 is 0 Å². The number of carbonyl (C=O) groups is 1. The summed E-state index contributed by atoms with van der Waals surface area (Å²) in [6.07, 6.45) is 8.57. The van der Waals surface area contributed by atoms with E-state index in [1.807, 2.05) is 6.07 Å². The van der Waals surface area contributed by atoms with Crippen LogP contribution in [0.1, 0.15) is 37.7 Å². The molecular formula is C22H26N4O4S2. The Morgan fingerprint density at radius 2 is 2.06 bits per heavy atom. The molecule has 170 valence electrons. The third-order valence-electron chi connectivity index (χ3n) is 5.58. The summed E-state index contributed by atoms with van der Waals surface area (Å²) in [7, 11) is 0. The summed E-state index contributed by atoms with van der Waals surface area (Å²) < 4.78 is 7.30. The number of aromatic nitrogens is 2. The highest BCUT2D eigenvalue weighted by Gasteiger charge is 2.37. The fourth-order valence-corrected chi connectivity index (χ4v) is 5.42. The predicted molar refractivity (Wildman–Crippen MR) is 130 cm³/mol. The van der Waals surface area contributed by atoms with Crippen LogP contribution in [0.2, 0.25) is 0 Å². The van der Waals surface area contributed by atoms with E-state index in [4.69, 9.17) is 22.1 Å². The van der Waals surface area contributed by atoms with Crippen LogP contribution in [0, 0.1) is 0 Å². The molecule has 0 unspecified atom stereocenters. The molecule has 1 saturated heterocycles. The van der Waals surface area contributed by atoms with Gasteiger partial charge in [-0.2, -0.15) is 0 Å². The molecule has 10 heteroatoms. The molecule has 3 heterocycles. The zero-order valence-corrected chi connectivity index (χ0v) is 19.3. The second kappa shape index (κ2) is 10.6. The number of carbonyl (C=O) groups excluding carboxylic acids is 1. The molecule has 2 aromatic rings. The zero-order valence-electron chi connectivity index (χ0n) is 17.7. The lowest BCUT2D eigenvalue weighted by Gasteiger charge is -2.29. The van der Waals surface area contributed by atoms with Crippen molar-refractivity contribution in [2.24, 2.45) is 0 Å². The monoisotopic (exact) mass is 474 g/mol. The summed E-state index contributed by atoms with van der Waals surface area (Å²) in [5.74, 6) is 0.249. The van der Waals surface area contributed by atoms with Gasteiger partial charge in [0.2, 0.25) is 0 Å². The summed E-state index contributed by atoms with van der Waals surface area (Å²) in [4.78, 5) is 33.2. The van der Waals surface area contributed by atoms with E-state index < -0.39 is 0 Å². The van der Waals surface area contributed by atoms with Gasteiger partial charge in [-0.1, -0.05) is 49.3 Å². The minimum absolute atomic E-state index is 0.0519. The normalized spacial score (nSPS) is 18.8. The molecule has 2 N–H and O–H groups in total. The van der Waals surface area contributed by atoms with E-state index in [-0.39, 0.29) is 30.7 Å². The maximum absolute atomic E-state index is 13.3. The van der Waals surface area contributed by atoms with E-state index in [9.17, 15) is 9.59 Å². The first-order valence-corrected chi connectivity index (χ1v) is 12.0. The number of nitrogens with one attached hydrogen (secondary N) is 1. The number of pyridine rings is 1. The van der Waals surface area contributed by atoms with Crippen LogP contribution in [0.3, 0.4) is 0 Å². The van der Waals surface area contributed by atoms with Gasteiger partial charge in [0, 0.05) is 18.8 Å². The smallest absolute Gasteiger partial charge is 0.267 e. The van der Waals surface area contributed by atoms with Crippen LogP contribution >= 0.6 is 24.0 Å². The van der Waals surface area contributed by atoms with Crippen molar-refractivity contribution in [1.82, 2.24) is 14.3 Å². The number of anilines is 1. The third kappa shape index (κ3) is 4.88. The quantitative estimate of drug-likeness (QED) is 0.343. The number of fused-ring (bicyclic) bond motifs is 1. The minimum Gasteiger partial charge on any atom is -0.394 e. The lowest BCUT2D eigenvalue weighted by molar-refractivity contribution is -0.124. The SMILES string of the molecule is O=C1C(=Cc2c(NCCOCCO)nc3ccccn3c2=O)SC(=S)N1C1CCCCC1. The van der Waals surface area contributed by atoms with E-state index in [1.54, 1.807) is 29.3 Å². The Kier molecular flexibility index (Phi) is 7.56. The third-order valence-corrected chi connectivity index (χ3v) is 6.91. The minimum atomic E-state index is -0.266. The van der Waals surface area contributed by atoms with Gasteiger partial charge in [0.05, 0.1) is 30.3 Å². The molecule has 0 bridgehead atoms. The van der Waals surface area contributed by atoms with Gasteiger partial charge in [0.15, 0.2) is 0 Å². The first-order valence-electron chi connectivity index (χ1n) is 10.8. The highest BCUT2D eigenvalue weighted by atomic mass is 32.2. The Labute approximate surface area is 195 Å². The van der Waals surface area contributed by atoms with E-state index in [0.717, 1.165) is 25.7 Å². The topological polar surface area (TPSA) is 96.2 Å². The van der Waals surface area contributed by atoms with Crippen LogP contribution in [-0.4, -0.2) is 62.0 Å². The van der Waals surface area contributed by atoms with Crippen LogP contribution in [0.4, 0.5) is 5.82 Å². The maximum Gasteiger partial charge on any atom is 0.267 e. The fourth-order valence-electron chi connectivity index (χ4n) is 4.04. The van der Waals surface area contributed by atoms with E-state index in [0.29, 0.717) is 39.4 Å². The van der Waals surface area contributed by atoms with Crippen LogP contribution in [0.15, 0.2) is 34.1 Å². The molecule has 1 aliphatic carbocycles. The van der Waals surface area contributed by atoms with Crippen molar-refractivity contribution in [2.45, 2.75) is 38.1 Å². The largest absolute Gasteiger partial charge is 0.394 e. The number of hydrogen-bond acceptors (Lipinski definition) is 8. The number of thioether (sulfide) groups is 1. The van der Waals surface area contributed by atoms with Gasteiger partial charge in [-0.25, -0.2) is 4.98 Å². The number of ether oxygens (including phenoxy) is 1. The number of rotatable bonds is 8. The Bertz CT molecular complexity index is 1100. The number of amides is 1. The molecule has 2 aliphatic rings. The second-order valence-electron chi connectivity index (χ2n) is 7.71. The second-order valence-corrected chi connectivity index (χ2v) is 9.39. The first kappa shape index (κ1) is 22.9. The van der Waals surface area contributed by atoms with Crippen LogP contribution in [0.5, 0.6) is 0 Å². The zero-order chi connectivity index (χ0) is 22.5. The van der Waals surface area contributed by atoms with Gasteiger partial charge < -0.3 is 15.2 Å². The number of nitrogens with zero attached hydrogens (tertiary/aromatic N) is 3.